The highest BCUT2D eigenvalue weighted by Crippen LogP contribution is 2.44. The van der Waals surface area contributed by atoms with E-state index in [0.29, 0.717) is 24.9 Å². The molecule has 2 aliphatic rings. The molecule has 5 aromatic rings. The number of imidazole rings is 1. The minimum absolute atomic E-state index is 0.0832. The molecule has 2 amide bonds. The third kappa shape index (κ3) is 10.9. The number of thiophene rings is 1. The molecule has 13 nitrogen and oxygen atoms in total. The fourth-order valence-electron chi connectivity index (χ4n) is 8.58. The van der Waals surface area contributed by atoms with Crippen LogP contribution in [0.25, 0.3) is 32.4 Å². The molecule has 326 valence electrons. The second-order valence-electron chi connectivity index (χ2n) is 17.4. The van der Waals surface area contributed by atoms with Gasteiger partial charge in [-0.1, -0.05) is 61.9 Å². The van der Waals surface area contributed by atoms with E-state index < -0.39 is 29.6 Å². The van der Waals surface area contributed by atoms with Gasteiger partial charge in [0.15, 0.2) is 5.82 Å². The number of hydrogen-bond donors (Lipinski definition) is 3. The van der Waals surface area contributed by atoms with Crippen LogP contribution in [0.15, 0.2) is 54.6 Å². The summed E-state index contributed by atoms with van der Waals surface area (Å²) in [5, 5.41) is 5.40. The second-order valence-corrected chi connectivity index (χ2v) is 18.6. The molecule has 1 atom stereocenters. The van der Waals surface area contributed by atoms with Gasteiger partial charge < -0.3 is 40.0 Å². The number of pyridine rings is 1. The summed E-state index contributed by atoms with van der Waals surface area (Å²) in [5.74, 6) is 0.942. The van der Waals surface area contributed by atoms with Gasteiger partial charge in [0.1, 0.15) is 29.6 Å². The number of anilines is 1. The first-order chi connectivity index (χ1) is 29.4. The number of aromatic nitrogens is 3. The number of amides is 2. The first-order valence-electron chi connectivity index (χ1n) is 21.8. The lowest BCUT2D eigenvalue weighted by molar-refractivity contribution is -0.158. The molecule has 14 heteroatoms. The minimum atomic E-state index is -1.22. The van der Waals surface area contributed by atoms with Crippen molar-refractivity contribution in [3.05, 3.63) is 76.4 Å². The van der Waals surface area contributed by atoms with Gasteiger partial charge in [-0.15, -0.1) is 11.3 Å². The first kappa shape index (κ1) is 44.0. The first-order valence-corrected chi connectivity index (χ1v) is 22.7. The minimum Gasteiger partial charge on any atom is -0.458 e. The summed E-state index contributed by atoms with van der Waals surface area (Å²) in [7, 11) is 0. The molecule has 1 aliphatic heterocycles. The highest BCUT2D eigenvalue weighted by molar-refractivity contribution is 7.19. The Morgan fingerprint density at radius 3 is 2.38 bits per heavy atom. The van der Waals surface area contributed by atoms with Crippen molar-refractivity contribution in [3.8, 4) is 11.1 Å². The van der Waals surface area contributed by atoms with E-state index >= 15 is 0 Å². The topological polar surface area (TPSA) is 163 Å². The number of esters is 1. The zero-order valence-corrected chi connectivity index (χ0v) is 37.1. The highest BCUT2D eigenvalue weighted by atomic mass is 32.1. The van der Waals surface area contributed by atoms with Gasteiger partial charge in [0.25, 0.3) is 0 Å². The van der Waals surface area contributed by atoms with Crippen molar-refractivity contribution in [2.24, 2.45) is 5.92 Å². The van der Waals surface area contributed by atoms with Gasteiger partial charge in [-0.2, -0.15) is 0 Å². The van der Waals surface area contributed by atoms with Crippen LogP contribution in [0.2, 0.25) is 0 Å². The van der Waals surface area contributed by atoms with Crippen molar-refractivity contribution in [1.29, 1.82) is 0 Å². The van der Waals surface area contributed by atoms with E-state index in [1.54, 1.807) is 32.1 Å². The van der Waals surface area contributed by atoms with Gasteiger partial charge in [-0.05, 0) is 101 Å². The average Bonchev–Trinajstić information content (AvgIpc) is 3.89. The summed E-state index contributed by atoms with van der Waals surface area (Å²) in [5.41, 5.74) is 13.0. The maximum Gasteiger partial charge on any atom is 0.407 e. The van der Waals surface area contributed by atoms with Crippen molar-refractivity contribution < 1.29 is 28.6 Å². The number of ether oxygens (including phenoxy) is 3. The zero-order valence-electron chi connectivity index (χ0n) is 36.3. The smallest absolute Gasteiger partial charge is 0.407 e. The number of piperidine rings is 1. The predicted octanol–water partition coefficient (Wildman–Crippen LogP) is 7.75. The number of carbonyl (C=O) groups excluding carboxylic acids is 3. The number of benzene rings is 2. The number of unbranched alkanes of at least 4 members (excludes halogenated alkanes) is 1. The van der Waals surface area contributed by atoms with Crippen molar-refractivity contribution >= 4 is 56.4 Å². The Kier molecular flexibility index (Phi) is 14.3. The molecule has 61 heavy (non-hydrogen) atoms. The van der Waals surface area contributed by atoms with E-state index in [0.717, 1.165) is 109 Å². The monoisotopic (exact) mass is 851 g/mol. The summed E-state index contributed by atoms with van der Waals surface area (Å²) in [6, 6.07) is 17.0. The van der Waals surface area contributed by atoms with Crippen LogP contribution in [0.5, 0.6) is 0 Å². The van der Waals surface area contributed by atoms with Crippen molar-refractivity contribution in [3.63, 3.8) is 0 Å². The number of fused-ring (bicyclic) bond motifs is 6. The fourth-order valence-corrected chi connectivity index (χ4v) is 9.58. The highest BCUT2D eigenvalue weighted by Gasteiger charge is 2.32. The van der Waals surface area contributed by atoms with Crippen molar-refractivity contribution in [2.45, 2.75) is 104 Å². The Morgan fingerprint density at radius 1 is 0.984 bits per heavy atom. The lowest BCUT2D eigenvalue weighted by Gasteiger charge is -2.32. The van der Waals surface area contributed by atoms with Crippen LogP contribution < -0.4 is 16.4 Å². The van der Waals surface area contributed by atoms with Crippen molar-refractivity contribution in [2.75, 3.05) is 51.7 Å². The van der Waals surface area contributed by atoms with E-state index in [1.807, 2.05) is 36.4 Å². The molecule has 1 fully saturated rings. The lowest BCUT2D eigenvalue weighted by Crippen LogP contribution is -2.47. The van der Waals surface area contributed by atoms with Crippen LogP contribution in [-0.4, -0.2) is 95.0 Å². The van der Waals surface area contributed by atoms with Crippen LogP contribution >= 0.6 is 11.3 Å². The molecule has 0 radical (unpaired) electrons. The summed E-state index contributed by atoms with van der Waals surface area (Å²) in [6.45, 7) is 14.8. The number of likely N-dealkylation sites (tertiary alicyclic amines) is 1. The Hall–Kier alpha value is -5.05. The summed E-state index contributed by atoms with van der Waals surface area (Å²) >= 11 is 1.78. The average molecular weight is 852 g/mol. The molecular formula is C47H61N7O6S. The maximum absolute atomic E-state index is 13.1. The number of nitrogens with two attached hydrogens (primary N) is 1. The van der Waals surface area contributed by atoms with E-state index in [4.69, 9.17) is 24.9 Å². The SMILES string of the molecule is CCCCc1nc2c(N)nc3cc(C)sc3c2n1CC1CCN(CCCOCCNC(=O)C[C@H](NC(=O)OCC2c3ccccc3-c3ccccc32)C(=O)OC(C)(C)C)CC1. The van der Waals surface area contributed by atoms with Gasteiger partial charge >= 0.3 is 12.1 Å². The third-order valence-corrected chi connectivity index (χ3v) is 12.6. The molecule has 0 spiro atoms. The second kappa shape index (κ2) is 19.8. The van der Waals surface area contributed by atoms with E-state index in [1.165, 1.54) is 9.58 Å². The number of nitrogen functional groups attached to an aromatic ring is 1. The Bertz CT molecular complexity index is 2280. The molecule has 0 bridgehead atoms. The zero-order chi connectivity index (χ0) is 43.1. The van der Waals surface area contributed by atoms with Crippen molar-refractivity contribution in [1.82, 2.24) is 30.1 Å². The number of nitrogens with zero attached hydrogens (tertiary/aromatic N) is 4. The van der Waals surface area contributed by atoms with Gasteiger partial charge in [0.2, 0.25) is 5.91 Å². The van der Waals surface area contributed by atoms with Crippen LogP contribution in [-0.2, 0) is 36.8 Å². The number of aryl methyl sites for hydroxylation is 2. The molecule has 1 aliphatic carbocycles. The molecule has 7 rings (SSSR count). The van der Waals surface area contributed by atoms with E-state index in [-0.39, 0.29) is 25.5 Å². The predicted molar refractivity (Wildman–Crippen MR) is 241 cm³/mol. The number of nitrogens with one attached hydrogen (secondary N) is 2. The van der Waals surface area contributed by atoms with E-state index in [2.05, 4.69) is 57.1 Å². The number of rotatable bonds is 18. The normalized spacial score (nSPS) is 15.2. The van der Waals surface area contributed by atoms with Crippen LogP contribution in [0, 0.1) is 12.8 Å². The fraction of sp³-hybridized carbons (Fsp3) is 0.511. The Morgan fingerprint density at radius 2 is 1.69 bits per heavy atom. The maximum atomic E-state index is 13.1. The summed E-state index contributed by atoms with van der Waals surface area (Å²) < 4.78 is 20.7. The quantitative estimate of drug-likeness (QED) is 0.0587. The number of hydrogen-bond acceptors (Lipinski definition) is 11. The van der Waals surface area contributed by atoms with Crippen LogP contribution in [0.3, 0.4) is 0 Å². The number of alkyl carbamates (subject to hydrolysis) is 1. The molecule has 4 N–H and O–H groups in total. The van der Waals surface area contributed by atoms with Crippen LogP contribution in [0.1, 0.15) is 94.0 Å². The standard InChI is InChI=1S/C47H61N7O6S/c1-6-7-17-39-52-41-42(43-37(50-44(41)48)26-30(2)61-43)54(39)28-31-18-22-53(23-19-31)21-12-24-58-25-20-49-40(55)27-38(45(56)60-47(3,4)5)51-46(57)59-29-36-34-15-10-8-13-32(34)33-14-9-11-16-35(33)36/h8-11,13-16,26,31,36,38H,6-7,12,17-25,27-29H2,1-5H3,(H2,48,50)(H,49,55)(H,51,57)/t38-/m0/s1. The van der Waals surface area contributed by atoms with Gasteiger partial charge in [-0.3, -0.25) is 4.79 Å². The molecule has 1 saturated heterocycles. The largest absolute Gasteiger partial charge is 0.458 e. The third-order valence-electron chi connectivity index (χ3n) is 11.5. The van der Waals surface area contributed by atoms with E-state index in [9.17, 15) is 14.4 Å². The molecular weight excluding hydrogens is 791 g/mol. The molecule has 2 aromatic carbocycles. The van der Waals surface area contributed by atoms with Gasteiger partial charge in [0, 0.05) is 43.5 Å². The lowest BCUT2D eigenvalue weighted by atomic mass is 9.96. The van der Waals surface area contributed by atoms with Gasteiger partial charge in [-0.25, -0.2) is 19.6 Å². The summed E-state index contributed by atoms with van der Waals surface area (Å²) in [6.07, 6.45) is 5.18. The Labute approximate surface area is 362 Å². The summed E-state index contributed by atoms with van der Waals surface area (Å²) in [4.78, 5) is 52.6. The Balaban J connectivity index is 0.822. The molecule has 0 unspecified atom stereocenters. The molecule has 0 saturated carbocycles. The molecule has 4 heterocycles. The van der Waals surface area contributed by atoms with Crippen LogP contribution in [0.4, 0.5) is 10.6 Å². The van der Waals surface area contributed by atoms with Gasteiger partial charge in [0.05, 0.1) is 28.8 Å². The molecule has 3 aromatic heterocycles. The number of carbonyl (C=O) groups is 3.